The van der Waals surface area contributed by atoms with Gasteiger partial charge in [0, 0.05) is 24.3 Å². The molecule has 2 aliphatic heterocycles. The highest BCUT2D eigenvalue weighted by molar-refractivity contribution is 7.80. The average Bonchev–Trinajstić information content (AvgIpc) is 2.62. The SMILES string of the molecule is C=CCN1C(=O)/C(=C\c2cc3c(cc2C)N(CC)C(C)(C)C[C@@H]3C)C(=O)NC1=S. The molecule has 0 unspecified atom stereocenters. The lowest BCUT2D eigenvalue weighted by atomic mass is 9.79. The van der Waals surface area contributed by atoms with Crippen LogP contribution in [0, 0.1) is 6.92 Å². The van der Waals surface area contributed by atoms with Gasteiger partial charge in [-0.05, 0) is 87.2 Å². The molecule has 1 saturated heterocycles. The fourth-order valence-corrected chi connectivity index (χ4v) is 4.80. The van der Waals surface area contributed by atoms with Crippen LogP contribution in [0.25, 0.3) is 6.08 Å². The number of fused-ring (bicyclic) bond motifs is 1. The monoisotopic (exact) mass is 411 g/mol. The van der Waals surface area contributed by atoms with E-state index in [2.05, 4.69) is 56.6 Å². The van der Waals surface area contributed by atoms with Crippen molar-refractivity contribution in [1.29, 1.82) is 0 Å². The van der Waals surface area contributed by atoms with Gasteiger partial charge in [-0.1, -0.05) is 13.0 Å². The fraction of sp³-hybridized carbons (Fsp3) is 0.435. The Labute approximate surface area is 178 Å². The zero-order chi connectivity index (χ0) is 21.5. The number of benzene rings is 1. The molecule has 0 radical (unpaired) electrons. The minimum Gasteiger partial charge on any atom is -0.366 e. The number of aryl methyl sites for hydroxylation is 1. The van der Waals surface area contributed by atoms with Crippen LogP contribution in [0.2, 0.25) is 0 Å². The first-order valence-electron chi connectivity index (χ1n) is 10.0. The molecular formula is C23H29N3O2S. The van der Waals surface area contributed by atoms with Gasteiger partial charge in [0.15, 0.2) is 5.11 Å². The molecule has 0 saturated carbocycles. The standard InChI is InChI=1S/C23H29N3O2S/c1-7-9-25-21(28)18(20(27)24-22(25)29)12-16-11-17-15(4)13-23(5,6)26(8-2)19(17)10-14(16)3/h7,10-12,15H,1,8-9,13H2,2-6H3,(H,24,27,29)/b18-12-/t15-/m0/s1. The van der Waals surface area contributed by atoms with Crippen LogP contribution in [-0.2, 0) is 9.59 Å². The van der Waals surface area contributed by atoms with E-state index in [0.717, 1.165) is 24.1 Å². The normalized spacial score (nSPS) is 22.6. The summed E-state index contributed by atoms with van der Waals surface area (Å²) in [6, 6.07) is 4.31. The van der Waals surface area contributed by atoms with Crippen molar-refractivity contribution in [2.45, 2.75) is 52.5 Å². The lowest BCUT2D eigenvalue weighted by molar-refractivity contribution is -0.128. The summed E-state index contributed by atoms with van der Waals surface area (Å²) in [7, 11) is 0. The molecular weight excluding hydrogens is 382 g/mol. The molecule has 0 aliphatic carbocycles. The topological polar surface area (TPSA) is 52.7 Å². The van der Waals surface area contributed by atoms with E-state index in [1.165, 1.54) is 16.2 Å². The second-order valence-electron chi connectivity index (χ2n) is 8.45. The molecule has 1 aromatic rings. The van der Waals surface area contributed by atoms with Crippen LogP contribution in [0.5, 0.6) is 0 Å². The zero-order valence-corrected chi connectivity index (χ0v) is 18.7. The van der Waals surface area contributed by atoms with Crippen molar-refractivity contribution in [3.8, 4) is 0 Å². The highest BCUT2D eigenvalue weighted by atomic mass is 32.1. The Morgan fingerprint density at radius 2 is 2.03 bits per heavy atom. The van der Waals surface area contributed by atoms with E-state index < -0.39 is 5.91 Å². The summed E-state index contributed by atoms with van der Waals surface area (Å²) in [5.74, 6) is -0.455. The summed E-state index contributed by atoms with van der Waals surface area (Å²) in [5.41, 5.74) is 4.60. The molecule has 1 fully saturated rings. The molecule has 2 heterocycles. The van der Waals surface area contributed by atoms with Gasteiger partial charge in [-0.25, -0.2) is 0 Å². The van der Waals surface area contributed by atoms with E-state index in [0.29, 0.717) is 5.92 Å². The Morgan fingerprint density at radius 1 is 1.34 bits per heavy atom. The van der Waals surface area contributed by atoms with E-state index in [9.17, 15) is 9.59 Å². The van der Waals surface area contributed by atoms with Crippen molar-refractivity contribution in [2.24, 2.45) is 0 Å². The number of nitrogens with zero attached hydrogens (tertiary/aromatic N) is 2. The van der Waals surface area contributed by atoms with Gasteiger partial charge in [0.1, 0.15) is 5.57 Å². The minimum atomic E-state index is -0.457. The predicted octanol–water partition coefficient (Wildman–Crippen LogP) is 3.92. The number of carbonyl (C=O) groups excluding carboxylic acids is 2. The van der Waals surface area contributed by atoms with E-state index in [-0.39, 0.29) is 28.7 Å². The van der Waals surface area contributed by atoms with E-state index in [4.69, 9.17) is 12.2 Å². The van der Waals surface area contributed by atoms with Crippen molar-refractivity contribution in [3.05, 3.63) is 47.1 Å². The first-order chi connectivity index (χ1) is 13.6. The van der Waals surface area contributed by atoms with Gasteiger partial charge < -0.3 is 4.90 Å². The van der Waals surface area contributed by atoms with Crippen molar-refractivity contribution in [2.75, 3.05) is 18.0 Å². The van der Waals surface area contributed by atoms with Crippen LogP contribution in [-0.4, -0.2) is 40.5 Å². The molecule has 0 bridgehead atoms. The smallest absolute Gasteiger partial charge is 0.265 e. The predicted molar refractivity (Wildman–Crippen MR) is 122 cm³/mol. The summed E-state index contributed by atoms with van der Waals surface area (Å²) >= 11 is 5.13. The number of hydrogen-bond acceptors (Lipinski definition) is 4. The van der Waals surface area contributed by atoms with Crippen LogP contribution >= 0.6 is 12.2 Å². The molecule has 1 aromatic carbocycles. The third-order valence-corrected chi connectivity index (χ3v) is 6.21. The highest BCUT2D eigenvalue weighted by Gasteiger charge is 2.36. The summed E-state index contributed by atoms with van der Waals surface area (Å²) in [4.78, 5) is 29.1. The quantitative estimate of drug-likeness (QED) is 0.353. The van der Waals surface area contributed by atoms with Crippen LogP contribution in [0.3, 0.4) is 0 Å². The summed E-state index contributed by atoms with van der Waals surface area (Å²) in [6.07, 6.45) is 4.33. The van der Waals surface area contributed by atoms with Crippen molar-refractivity contribution in [1.82, 2.24) is 10.2 Å². The molecule has 6 heteroatoms. The van der Waals surface area contributed by atoms with E-state index in [1.807, 2.05) is 6.92 Å². The molecule has 0 spiro atoms. The van der Waals surface area contributed by atoms with Crippen LogP contribution in [0.4, 0.5) is 5.69 Å². The van der Waals surface area contributed by atoms with Gasteiger partial charge in [-0.3, -0.25) is 19.8 Å². The van der Waals surface area contributed by atoms with E-state index in [1.54, 1.807) is 12.2 Å². The van der Waals surface area contributed by atoms with Crippen molar-refractivity contribution < 1.29 is 9.59 Å². The van der Waals surface area contributed by atoms with Crippen molar-refractivity contribution >= 4 is 40.9 Å². The summed E-state index contributed by atoms with van der Waals surface area (Å²) in [5, 5.41) is 2.72. The Hall–Kier alpha value is -2.47. The van der Waals surface area contributed by atoms with Crippen LogP contribution in [0.15, 0.2) is 30.4 Å². The molecule has 2 amide bonds. The summed E-state index contributed by atoms with van der Waals surface area (Å²) in [6.45, 7) is 15.8. The number of nitrogens with one attached hydrogen (secondary N) is 1. The first kappa shape index (κ1) is 21.2. The zero-order valence-electron chi connectivity index (χ0n) is 17.8. The van der Waals surface area contributed by atoms with Gasteiger partial charge in [0.2, 0.25) is 0 Å². The third kappa shape index (κ3) is 3.73. The molecule has 1 N–H and O–H groups in total. The number of thiocarbonyl (C=S) groups is 1. The lowest BCUT2D eigenvalue weighted by Crippen LogP contribution is -2.53. The molecule has 2 aliphatic rings. The fourth-order valence-electron chi connectivity index (χ4n) is 4.55. The molecule has 154 valence electrons. The average molecular weight is 412 g/mol. The van der Waals surface area contributed by atoms with Crippen LogP contribution in [0.1, 0.15) is 56.7 Å². The highest BCUT2D eigenvalue weighted by Crippen LogP contribution is 2.44. The maximum absolute atomic E-state index is 12.8. The van der Waals surface area contributed by atoms with Crippen molar-refractivity contribution in [3.63, 3.8) is 0 Å². The minimum absolute atomic E-state index is 0.0910. The number of rotatable bonds is 4. The Kier molecular flexibility index (Phi) is 5.68. The Morgan fingerprint density at radius 3 is 2.66 bits per heavy atom. The third-order valence-electron chi connectivity index (χ3n) is 5.89. The number of anilines is 1. The Balaban J connectivity index is 2.08. The van der Waals surface area contributed by atoms with Gasteiger partial charge >= 0.3 is 0 Å². The van der Waals surface area contributed by atoms with Crippen LogP contribution < -0.4 is 10.2 Å². The molecule has 1 atom stereocenters. The lowest BCUT2D eigenvalue weighted by Gasteiger charge is -2.47. The number of amides is 2. The van der Waals surface area contributed by atoms with Gasteiger partial charge in [0.25, 0.3) is 11.8 Å². The second kappa shape index (κ2) is 7.75. The van der Waals surface area contributed by atoms with Gasteiger partial charge in [-0.15, -0.1) is 6.58 Å². The number of carbonyl (C=O) groups is 2. The molecule has 0 aromatic heterocycles. The summed E-state index contributed by atoms with van der Waals surface area (Å²) < 4.78 is 0. The first-order valence-corrected chi connectivity index (χ1v) is 10.4. The molecule has 5 nitrogen and oxygen atoms in total. The second-order valence-corrected chi connectivity index (χ2v) is 8.84. The maximum Gasteiger partial charge on any atom is 0.265 e. The largest absolute Gasteiger partial charge is 0.366 e. The molecule has 3 rings (SSSR count). The van der Waals surface area contributed by atoms with E-state index >= 15 is 0 Å². The number of hydrogen-bond donors (Lipinski definition) is 1. The van der Waals surface area contributed by atoms with Gasteiger partial charge in [-0.2, -0.15) is 0 Å². The Bertz CT molecular complexity index is 932. The maximum atomic E-state index is 12.8. The molecule has 29 heavy (non-hydrogen) atoms. The van der Waals surface area contributed by atoms with Gasteiger partial charge in [0.05, 0.1) is 0 Å².